The summed E-state index contributed by atoms with van der Waals surface area (Å²) in [5, 5.41) is 9.86. The molecule has 0 saturated heterocycles. The summed E-state index contributed by atoms with van der Waals surface area (Å²) in [7, 11) is -1.84. The highest BCUT2D eigenvalue weighted by molar-refractivity contribution is 7.89. The van der Waals surface area contributed by atoms with Crippen molar-refractivity contribution >= 4 is 10.0 Å². The lowest BCUT2D eigenvalue weighted by Crippen LogP contribution is -2.49. The van der Waals surface area contributed by atoms with Crippen molar-refractivity contribution in [1.29, 1.82) is 0 Å². The Morgan fingerprint density at radius 1 is 1.17 bits per heavy atom. The molecular weight excluding hydrogens is 474 g/mol. The van der Waals surface area contributed by atoms with Gasteiger partial charge in [0.15, 0.2) is 0 Å². The van der Waals surface area contributed by atoms with Crippen molar-refractivity contribution in [2.75, 3.05) is 26.7 Å². The predicted octanol–water partition coefficient (Wildman–Crippen LogP) is 3.96. The zero-order valence-corrected chi connectivity index (χ0v) is 22.1. The van der Waals surface area contributed by atoms with E-state index in [1.165, 1.54) is 4.31 Å². The third-order valence-corrected chi connectivity index (χ3v) is 8.84. The molecule has 4 rings (SSSR count). The lowest BCUT2D eigenvalue weighted by molar-refractivity contribution is 0.0734. The Bertz CT molecular complexity index is 1280. The Labute approximate surface area is 214 Å². The molecule has 3 atom stereocenters. The van der Waals surface area contributed by atoms with Crippen LogP contribution >= 0.6 is 0 Å². The number of ether oxygens (including phenoxy) is 1. The van der Waals surface area contributed by atoms with Gasteiger partial charge in [0.2, 0.25) is 10.0 Å². The molecule has 1 aliphatic rings. The number of aliphatic hydroxyl groups is 1. The van der Waals surface area contributed by atoms with E-state index in [1.54, 1.807) is 25.4 Å². The van der Waals surface area contributed by atoms with Gasteiger partial charge in [0.25, 0.3) is 0 Å². The van der Waals surface area contributed by atoms with E-state index < -0.39 is 16.1 Å². The van der Waals surface area contributed by atoms with E-state index in [0.717, 1.165) is 28.8 Å². The molecule has 1 aromatic heterocycles. The van der Waals surface area contributed by atoms with Crippen LogP contribution in [-0.2, 0) is 16.6 Å². The van der Waals surface area contributed by atoms with Crippen LogP contribution in [0, 0.1) is 12.8 Å². The van der Waals surface area contributed by atoms with Gasteiger partial charge in [-0.1, -0.05) is 37.3 Å². The molecule has 2 heterocycles. The highest BCUT2D eigenvalue weighted by Gasteiger charge is 2.38. The number of likely N-dealkylation sites (N-methyl/N-ethyl adjacent to an activating group) is 1. The van der Waals surface area contributed by atoms with E-state index >= 15 is 0 Å². The minimum absolute atomic E-state index is 0.107. The average molecular weight is 510 g/mol. The smallest absolute Gasteiger partial charge is 0.247 e. The number of fused-ring (bicyclic) bond motifs is 1. The molecule has 192 valence electrons. The molecular formula is C28H35N3O4S. The third kappa shape index (κ3) is 5.62. The largest absolute Gasteiger partial charge is 0.487 e. The molecule has 0 spiro atoms. The Kier molecular flexibility index (Phi) is 8.10. The molecule has 7 nitrogen and oxygen atoms in total. The highest BCUT2D eigenvalue weighted by Crippen LogP contribution is 2.37. The van der Waals surface area contributed by atoms with Gasteiger partial charge in [-0.05, 0) is 67.4 Å². The summed E-state index contributed by atoms with van der Waals surface area (Å²) in [6.45, 7) is 7.12. The van der Waals surface area contributed by atoms with Crippen LogP contribution in [0.5, 0.6) is 5.75 Å². The minimum atomic E-state index is -3.87. The number of hydrogen-bond acceptors (Lipinski definition) is 6. The standard InChI is InChI=1S/C28H35N3O4S/c1-20-7-5-6-8-25(20)24-9-10-28-26(15-24)35-27(18-30(4)17-23-11-13-29-14-12-23)21(2)16-31(22(3)19-32)36(28,33)34/h5-15,21-22,27,32H,16-19H2,1-4H3/t21-,22+,27+/m1/s1. The van der Waals surface area contributed by atoms with E-state index in [1.807, 2.05) is 69.4 Å². The van der Waals surface area contributed by atoms with Gasteiger partial charge in [0.05, 0.1) is 6.61 Å². The first-order valence-corrected chi connectivity index (χ1v) is 13.7. The number of pyridine rings is 1. The first kappa shape index (κ1) is 26.3. The van der Waals surface area contributed by atoms with Crippen LogP contribution in [0.25, 0.3) is 11.1 Å². The van der Waals surface area contributed by atoms with Crippen molar-refractivity contribution in [3.63, 3.8) is 0 Å². The summed E-state index contributed by atoms with van der Waals surface area (Å²) in [5.74, 6) is 0.240. The van der Waals surface area contributed by atoms with Crippen molar-refractivity contribution in [2.45, 2.75) is 44.4 Å². The highest BCUT2D eigenvalue weighted by atomic mass is 32.2. The fourth-order valence-corrected chi connectivity index (χ4v) is 6.51. The molecule has 0 saturated carbocycles. The third-order valence-electron chi connectivity index (χ3n) is 6.82. The van der Waals surface area contributed by atoms with Gasteiger partial charge in [-0.3, -0.25) is 9.88 Å². The van der Waals surface area contributed by atoms with Crippen molar-refractivity contribution in [3.05, 3.63) is 78.1 Å². The first-order chi connectivity index (χ1) is 17.2. The molecule has 0 amide bonds. The van der Waals surface area contributed by atoms with Crippen molar-refractivity contribution in [1.82, 2.24) is 14.2 Å². The molecule has 1 aliphatic heterocycles. The number of sulfonamides is 1. The van der Waals surface area contributed by atoms with Crippen LogP contribution in [0.3, 0.4) is 0 Å². The summed E-state index contributed by atoms with van der Waals surface area (Å²) in [6, 6.07) is 16.7. The second-order valence-electron chi connectivity index (χ2n) is 9.77. The lowest BCUT2D eigenvalue weighted by Gasteiger charge is -2.37. The number of aliphatic hydroxyl groups excluding tert-OH is 1. The molecule has 0 fully saturated rings. The Morgan fingerprint density at radius 3 is 2.58 bits per heavy atom. The average Bonchev–Trinajstić information content (AvgIpc) is 2.86. The van der Waals surface area contributed by atoms with E-state index in [2.05, 4.69) is 9.88 Å². The maximum Gasteiger partial charge on any atom is 0.247 e. The van der Waals surface area contributed by atoms with E-state index in [4.69, 9.17) is 4.74 Å². The van der Waals surface area contributed by atoms with Gasteiger partial charge in [-0.25, -0.2) is 8.42 Å². The maximum atomic E-state index is 13.7. The second-order valence-corrected chi connectivity index (χ2v) is 11.6. The Morgan fingerprint density at radius 2 is 1.89 bits per heavy atom. The lowest BCUT2D eigenvalue weighted by atomic mass is 10.00. The molecule has 0 unspecified atom stereocenters. The van der Waals surface area contributed by atoms with Crippen LogP contribution in [0.1, 0.15) is 25.0 Å². The molecule has 0 bridgehead atoms. The van der Waals surface area contributed by atoms with Gasteiger partial charge in [-0.2, -0.15) is 4.31 Å². The number of hydrogen-bond donors (Lipinski definition) is 1. The van der Waals surface area contributed by atoms with Gasteiger partial charge >= 0.3 is 0 Å². The first-order valence-electron chi connectivity index (χ1n) is 12.3. The van der Waals surface area contributed by atoms with Gasteiger partial charge in [0, 0.05) is 44.0 Å². The maximum absolute atomic E-state index is 13.7. The number of aryl methyl sites for hydroxylation is 1. The molecule has 0 aliphatic carbocycles. The monoisotopic (exact) mass is 509 g/mol. The summed E-state index contributed by atoms with van der Waals surface area (Å²) in [4.78, 5) is 6.40. The molecule has 1 N–H and O–H groups in total. The zero-order chi connectivity index (χ0) is 25.9. The van der Waals surface area contributed by atoms with Gasteiger partial charge in [-0.15, -0.1) is 0 Å². The van der Waals surface area contributed by atoms with Crippen LogP contribution in [0.4, 0.5) is 0 Å². The number of benzene rings is 2. The number of nitrogens with zero attached hydrogens (tertiary/aromatic N) is 3. The van der Waals surface area contributed by atoms with Gasteiger partial charge in [0.1, 0.15) is 16.7 Å². The molecule has 0 radical (unpaired) electrons. The minimum Gasteiger partial charge on any atom is -0.487 e. The number of aromatic nitrogens is 1. The SMILES string of the molecule is Cc1ccccc1-c1ccc2c(c1)O[C@@H](CN(C)Cc1ccncc1)[C@H](C)CN([C@@H](C)CO)S2(=O)=O. The summed E-state index contributed by atoms with van der Waals surface area (Å²) >= 11 is 0. The Hall–Kier alpha value is -2.78. The topological polar surface area (TPSA) is 83.0 Å². The van der Waals surface area contributed by atoms with Crippen LogP contribution < -0.4 is 4.74 Å². The predicted molar refractivity (Wildman–Crippen MR) is 141 cm³/mol. The molecule has 2 aromatic carbocycles. The van der Waals surface area contributed by atoms with Crippen molar-refractivity contribution in [3.8, 4) is 16.9 Å². The molecule has 8 heteroatoms. The van der Waals surface area contributed by atoms with Gasteiger partial charge < -0.3 is 9.84 Å². The van der Waals surface area contributed by atoms with Crippen molar-refractivity contribution in [2.24, 2.45) is 5.92 Å². The van der Waals surface area contributed by atoms with Crippen LogP contribution in [0.2, 0.25) is 0 Å². The van der Waals surface area contributed by atoms with E-state index in [-0.39, 0.29) is 30.1 Å². The van der Waals surface area contributed by atoms with Crippen LogP contribution in [-0.4, -0.2) is 66.6 Å². The fraction of sp³-hybridized carbons (Fsp3) is 0.393. The quantitative estimate of drug-likeness (QED) is 0.519. The summed E-state index contributed by atoms with van der Waals surface area (Å²) in [6.07, 6.45) is 3.30. The van der Waals surface area contributed by atoms with Crippen molar-refractivity contribution < 1.29 is 18.3 Å². The van der Waals surface area contributed by atoms with E-state index in [9.17, 15) is 13.5 Å². The molecule has 36 heavy (non-hydrogen) atoms. The zero-order valence-electron chi connectivity index (χ0n) is 21.3. The summed E-state index contributed by atoms with van der Waals surface area (Å²) in [5.41, 5.74) is 4.18. The van der Waals surface area contributed by atoms with Crippen LogP contribution in [0.15, 0.2) is 71.9 Å². The summed E-state index contributed by atoms with van der Waals surface area (Å²) < 4.78 is 35.4. The fourth-order valence-electron chi connectivity index (χ4n) is 4.68. The number of rotatable bonds is 7. The second kappa shape index (κ2) is 11.1. The Balaban J connectivity index is 1.74. The van der Waals surface area contributed by atoms with E-state index in [0.29, 0.717) is 12.3 Å². The normalized spacial score (nSPS) is 20.7. The molecule has 3 aromatic rings.